The molecule has 1 N–H and O–H groups in total. The fraction of sp³-hybridized carbons (Fsp3) is 0. The number of hydrogen-bond donors (Lipinski definition) is 1. The summed E-state index contributed by atoms with van der Waals surface area (Å²) in [5.74, 6) is -1.08. The number of carboxylic acid groups (broad SMARTS) is 1. The van der Waals surface area contributed by atoms with Crippen LogP contribution in [-0.4, -0.2) is 78.4 Å². The van der Waals surface area contributed by atoms with Gasteiger partial charge in [-0.15, -0.1) is 0 Å². The Kier molecular flexibility index (Phi) is 51.3. The van der Waals surface area contributed by atoms with Crippen LogP contribution in [0.25, 0.3) is 0 Å². The third kappa shape index (κ3) is 60.9. The molecule has 31 valence electrons. The summed E-state index contributed by atoms with van der Waals surface area (Å²) < 4.78 is 0. The van der Waals surface area contributed by atoms with Crippen LogP contribution in [0.1, 0.15) is 0 Å². The third-order valence-electron chi connectivity index (χ3n) is 0. The van der Waals surface area contributed by atoms with Gasteiger partial charge in [0.25, 0.3) is 0 Å². The van der Waals surface area contributed by atoms with E-state index in [1.807, 2.05) is 0 Å². The average molecular weight is 191 g/mol. The number of hydrogen-bond acceptors (Lipinski definition) is 1. The minimum atomic E-state index is -1.08. The first-order valence-corrected chi connectivity index (χ1v) is 0.781. The largest absolute Gasteiger partial charge is 0 e. The second kappa shape index (κ2) is 15.8. The van der Waals surface area contributed by atoms with Crippen molar-refractivity contribution in [1.29, 1.82) is 0 Å². The molecule has 0 aliphatic heterocycles. The van der Waals surface area contributed by atoms with E-state index in [2.05, 4.69) is 6.92 Å². The quantitative estimate of drug-likeness (QED) is 0.464. The van der Waals surface area contributed by atoms with E-state index in [-0.39, 0.29) is 86.8 Å². The van der Waals surface area contributed by atoms with E-state index in [1.54, 1.807) is 0 Å². The molecule has 0 aromatic rings. The first-order valence-electron chi connectivity index (χ1n) is 0.781. The molecule has 0 unspecified atom stereocenters. The molecule has 0 rings (SSSR count). The van der Waals surface area contributed by atoms with Gasteiger partial charge in [-0.2, -0.15) is 0 Å². The first-order chi connectivity index (χ1) is 1.73. The van der Waals surface area contributed by atoms with Crippen LogP contribution in [0.15, 0.2) is 0 Å². The first kappa shape index (κ1) is 22.8. The molecule has 0 aliphatic rings. The summed E-state index contributed by atoms with van der Waals surface area (Å²) in [6.07, 6.45) is 0. The van der Waals surface area contributed by atoms with E-state index in [0.29, 0.717) is 0 Å². The predicted molar refractivity (Wildman–Crippen MR) is 28.7 cm³/mol. The molecule has 0 saturated carbocycles. The van der Waals surface area contributed by atoms with Crippen molar-refractivity contribution in [1.82, 2.24) is 0 Å². The molecule has 1 radical (unpaired) electrons. The topological polar surface area (TPSA) is 37.3 Å². The molecule has 5 heteroatoms. The summed E-state index contributed by atoms with van der Waals surface area (Å²) in [6, 6.07) is 0. The fourth-order valence-electron chi connectivity index (χ4n) is 0. The summed E-state index contributed by atoms with van der Waals surface area (Å²) in [4.78, 5) is 8.89. The van der Waals surface area contributed by atoms with Crippen molar-refractivity contribution in [2.24, 2.45) is 0 Å². The summed E-state index contributed by atoms with van der Waals surface area (Å²) in [5, 5.41) is 7.31. The van der Waals surface area contributed by atoms with Crippen molar-refractivity contribution in [3.8, 4) is 0 Å². The van der Waals surface area contributed by atoms with Crippen LogP contribution in [0.4, 0.5) is 0 Å². The summed E-state index contributed by atoms with van der Waals surface area (Å²) in [7, 11) is 0. The summed E-state index contributed by atoms with van der Waals surface area (Å²) in [6.45, 7) is 2.56. The monoisotopic (exact) mass is 189 g/mol. The van der Waals surface area contributed by atoms with Gasteiger partial charge in [0, 0.05) is 19.5 Å². The van der Waals surface area contributed by atoms with Crippen molar-refractivity contribution in [2.45, 2.75) is 0 Å². The van der Waals surface area contributed by atoms with Crippen LogP contribution in [0.5, 0.6) is 0 Å². The van der Waals surface area contributed by atoms with Gasteiger partial charge in [-0.25, -0.2) is 0 Å². The van der Waals surface area contributed by atoms with Crippen molar-refractivity contribution in [3.05, 3.63) is 6.92 Å². The number of carbonyl (C=O) groups is 1. The Hall–Kier alpha value is 2.35. The van der Waals surface area contributed by atoms with E-state index in [4.69, 9.17) is 9.90 Å². The van der Waals surface area contributed by atoms with Crippen molar-refractivity contribution in [2.75, 3.05) is 0 Å². The molecule has 2 nitrogen and oxygen atoms in total. The zero-order chi connectivity index (χ0) is 3.58. The Morgan fingerprint density at radius 1 is 1.57 bits per heavy atom. The molecule has 0 amide bonds. The number of rotatable bonds is 0. The Balaban J connectivity index is -0.0000000150. The van der Waals surface area contributed by atoms with Crippen LogP contribution >= 0.6 is 0 Å². The Morgan fingerprint density at radius 3 is 1.57 bits per heavy atom. The Labute approximate surface area is 107 Å². The second-order valence-corrected chi connectivity index (χ2v) is 0.394. The smallest absolute Gasteiger partial charge is 0 e. The normalized spacial score (nSPS) is 3.57. The minimum absolute atomic E-state index is 0. The van der Waals surface area contributed by atoms with Crippen molar-refractivity contribution < 1.29 is 29.4 Å². The standard InChI is InChI=1S/C2H3O2.Ca.Na.Zn.3H/c1-2(3)4;;;;;;/h1H2,(H,3,4);;;;;;. The Bertz CT molecular complexity index is 38.7. The zero-order valence-electron chi connectivity index (χ0n) is 2.77. The number of carboxylic acids is 1. The van der Waals surface area contributed by atoms with Crippen molar-refractivity contribution in [3.63, 3.8) is 0 Å². The maximum atomic E-state index is 8.89. The SMILES string of the molecule is [CH2]C(=O)O.[CaH2].[NaH].[Zn]. The maximum Gasteiger partial charge on any atom is 0 e. The summed E-state index contributed by atoms with van der Waals surface area (Å²) >= 11 is 0. The van der Waals surface area contributed by atoms with Gasteiger partial charge in [-0.1, -0.05) is 0 Å². The molecule has 0 aromatic heterocycles. The molecular formula is C2H6CaNaO2Zn. The number of aliphatic carboxylic acids is 1. The average Bonchev–Trinajstić information content (AvgIpc) is 0.811. The molecule has 0 atom stereocenters. The zero-order valence-corrected chi connectivity index (χ0v) is 5.74. The molecule has 0 spiro atoms. The maximum absolute atomic E-state index is 8.89. The van der Waals surface area contributed by atoms with Gasteiger partial charge in [0.1, 0.15) is 0 Å². The molecule has 0 aromatic carbocycles. The van der Waals surface area contributed by atoms with E-state index >= 15 is 0 Å². The van der Waals surface area contributed by atoms with Gasteiger partial charge in [-0.3, -0.25) is 4.79 Å². The van der Waals surface area contributed by atoms with Crippen LogP contribution in [0.3, 0.4) is 0 Å². The predicted octanol–water partition coefficient (Wildman–Crippen LogP) is -1.66. The van der Waals surface area contributed by atoms with Gasteiger partial charge >= 0.3 is 73.3 Å². The molecule has 0 heterocycles. The molecule has 0 bridgehead atoms. The molecule has 0 fully saturated rings. The molecule has 0 saturated heterocycles. The van der Waals surface area contributed by atoms with Crippen LogP contribution < -0.4 is 0 Å². The van der Waals surface area contributed by atoms with E-state index < -0.39 is 5.97 Å². The second-order valence-electron chi connectivity index (χ2n) is 0.394. The van der Waals surface area contributed by atoms with E-state index in [9.17, 15) is 0 Å². The minimum Gasteiger partial charge on any atom is 0 e. The van der Waals surface area contributed by atoms with Crippen LogP contribution in [0, 0.1) is 6.92 Å². The summed E-state index contributed by atoms with van der Waals surface area (Å²) in [5.41, 5.74) is 0. The molecule has 0 aliphatic carbocycles. The van der Waals surface area contributed by atoms with Crippen LogP contribution in [-0.2, 0) is 24.3 Å². The van der Waals surface area contributed by atoms with Gasteiger partial charge in [0.05, 0.1) is 6.92 Å². The van der Waals surface area contributed by atoms with Gasteiger partial charge < -0.3 is 5.11 Å². The molecular weight excluding hydrogens is 184 g/mol. The van der Waals surface area contributed by atoms with Crippen molar-refractivity contribution >= 4 is 73.3 Å². The molecule has 7 heavy (non-hydrogen) atoms. The van der Waals surface area contributed by atoms with Gasteiger partial charge in [0.2, 0.25) is 0 Å². The Morgan fingerprint density at radius 2 is 1.57 bits per heavy atom. The third-order valence-corrected chi connectivity index (χ3v) is 0. The fourth-order valence-corrected chi connectivity index (χ4v) is 0. The van der Waals surface area contributed by atoms with E-state index in [0.717, 1.165) is 0 Å². The van der Waals surface area contributed by atoms with Crippen LogP contribution in [0.2, 0.25) is 0 Å². The van der Waals surface area contributed by atoms with Gasteiger partial charge in [-0.05, 0) is 0 Å². The van der Waals surface area contributed by atoms with E-state index in [1.165, 1.54) is 0 Å². The van der Waals surface area contributed by atoms with Gasteiger partial charge in [0.15, 0.2) is 0 Å².